The second kappa shape index (κ2) is 5.33. The van der Waals surface area contributed by atoms with Crippen molar-refractivity contribution in [3.63, 3.8) is 0 Å². The molecule has 0 radical (unpaired) electrons. The Morgan fingerprint density at radius 2 is 1.85 bits per heavy atom. The average Bonchev–Trinajstić information content (AvgIpc) is 2.39. The number of hydrogen-bond acceptors (Lipinski definition) is 1. The molecule has 2 aromatic carbocycles. The molecule has 0 aromatic heterocycles. The van der Waals surface area contributed by atoms with E-state index in [9.17, 15) is 8.78 Å². The van der Waals surface area contributed by atoms with E-state index in [1.165, 1.54) is 23.3 Å². The van der Waals surface area contributed by atoms with Crippen molar-refractivity contribution in [2.24, 2.45) is 0 Å². The van der Waals surface area contributed by atoms with Gasteiger partial charge < -0.3 is 5.32 Å². The molecule has 0 saturated carbocycles. The van der Waals surface area contributed by atoms with Crippen LogP contribution in [-0.4, -0.2) is 7.05 Å². The van der Waals surface area contributed by atoms with Crippen LogP contribution in [0.2, 0.25) is 0 Å². The normalized spacial score (nSPS) is 18.2. The molecule has 1 N–H and O–H groups in total. The SMILES string of the molecule is CNC(CC1Cc2ccccc21)c1cc(F)cc(F)c1. The van der Waals surface area contributed by atoms with Crippen molar-refractivity contribution in [3.05, 3.63) is 70.8 Å². The highest BCUT2D eigenvalue weighted by atomic mass is 19.1. The van der Waals surface area contributed by atoms with Crippen molar-refractivity contribution in [1.82, 2.24) is 5.32 Å². The minimum absolute atomic E-state index is 0.0291. The third kappa shape index (κ3) is 2.46. The summed E-state index contributed by atoms with van der Waals surface area (Å²) in [5.74, 6) is -0.571. The van der Waals surface area contributed by atoms with Gasteiger partial charge in [0.05, 0.1) is 0 Å². The van der Waals surface area contributed by atoms with Crippen LogP contribution in [0.25, 0.3) is 0 Å². The maximum atomic E-state index is 13.3. The van der Waals surface area contributed by atoms with Crippen molar-refractivity contribution in [3.8, 4) is 0 Å². The molecular formula is C17H17F2N. The summed E-state index contributed by atoms with van der Waals surface area (Å²) in [7, 11) is 1.83. The molecule has 0 amide bonds. The molecule has 3 heteroatoms. The van der Waals surface area contributed by atoms with Gasteiger partial charge in [-0.15, -0.1) is 0 Å². The van der Waals surface area contributed by atoms with E-state index in [0.717, 1.165) is 18.9 Å². The second-order valence-electron chi connectivity index (χ2n) is 5.38. The second-order valence-corrected chi connectivity index (χ2v) is 5.38. The number of benzene rings is 2. The van der Waals surface area contributed by atoms with Crippen molar-refractivity contribution in [2.75, 3.05) is 7.05 Å². The van der Waals surface area contributed by atoms with Crippen molar-refractivity contribution in [1.29, 1.82) is 0 Å². The standard InChI is InChI=1S/C17H17F2N/c1-20-17(13-7-14(18)10-15(19)8-13)9-12-6-11-4-2-3-5-16(11)12/h2-5,7-8,10,12,17,20H,6,9H2,1H3. The summed E-state index contributed by atoms with van der Waals surface area (Å²) in [6.07, 6.45) is 1.91. The minimum Gasteiger partial charge on any atom is -0.313 e. The molecule has 3 rings (SSSR count). The zero-order valence-electron chi connectivity index (χ0n) is 11.4. The first kappa shape index (κ1) is 13.3. The lowest BCUT2D eigenvalue weighted by Gasteiger charge is -2.33. The van der Waals surface area contributed by atoms with Crippen LogP contribution in [0.3, 0.4) is 0 Å². The number of halogens is 2. The van der Waals surface area contributed by atoms with Gasteiger partial charge in [-0.2, -0.15) is 0 Å². The first-order valence-electron chi connectivity index (χ1n) is 6.88. The molecule has 104 valence electrons. The van der Waals surface area contributed by atoms with Crippen LogP contribution in [0.15, 0.2) is 42.5 Å². The minimum atomic E-state index is -0.519. The summed E-state index contributed by atoms with van der Waals surface area (Å²) in [5.41, 5.74) is 3.43. The fourth-order valence-corrected chi connectivity index (χ4v) is 3.05. The van der Waals surface area contributed by atoms with E-state index in [0.29, 0.717) is 11.5 Å². The Morgan fingerprint density at radius 3 is 2.50 bits per heavy atom. The summed E-state index contributed by atoms with van der Waals surface area (Å²) < 4.78 is 26.7. The van der Waals surface area contributed by atoms with E-state index in [1.807, 2.05) is 19.2 Å². The molecule has 20 heavy (non-hydrogen) atoms. The van der Waals surface area contributed by atoms with E-state index >= 15 is 0 Å². The van der Waals surface area contributed by atoms with Gasteiger partial charge in [-0.1, -0.05) is 24.3 Å². The molecule has 2 atom stereocenters. The average molecular weight is 273 g/mol. The first-order valence-corrected chi connectivity index (χ1v) is 6.88. The van der Waals surface area contributed by atoms with Gasteiger partial charge >= 0.3 is 0 Å². The Labute approximate surface area is 117 Å². The molecule has 1 aliphatic carbocycles. The summed E-state index contributed by atoms with van der Waals surface area (Å²) in [6.45, 7) is 0. The van der Waals surface area contributed by atoms with Gasteiger partial charge in [0.1, 0.15) is 11.6 Å². The van der Waals surface area contributed by atoms with Crippen molar-refractivity contribution in [2.45, 2.75) is 24.8 Å². The Morgan fingerprint density at radius 1 is 1.15 bits per heavy atom. The molecule has 1 aliphatic rings. The van der Waals surface area contributed by atoms with Crippen LogP contribution in [0.5, 0.6) is 0 Å². The van der Waals surface area contributed by atoms with E-state index < -0.39 is 11.6 Å². The van der Waals surface area contributed by atoms with Gasteiger partial charge in [-0.05, 0) is 54.6 Å². The fraction of sp³-hybridized carbons (Fsp3) is 0.294. The Kier molecular flexibility index (Phi) is 3.53. The van der Waals surface area contributed by atoms with E-state index in [-0.39, 0.29) is 6.04 Å². The van der Waals surface area contributed by atoms with Gasteiger partial charge in [0, 0.05) is 12.1 Å². The monoisotopic (exact) mass is 273 g/mol. The maximum Gasteiger partial charge on any atom is 0.126 e. The van der Waals surface area contributed by atoms with Crippen LogP contribution in [0, 0.1) is 11.6 Å². The molecule has 2 aromatic rings. The van der Waals surface area contributed by atoms with Crippen LogP contribution >= 0.6 is 0 Å². The smallest absolute Gasteiger partial charge is 0.126 e. The van der Waals surface area contributed by atoms with Gasteiger partial charge in [-0.3, -0.25) is 0 Å². The molecule has 0 spiro atoms. The van der Waals surface area contributed by atoms with E-state index in [2.05, 4.69) is 17.4 Å². The zero-order chi connectivity index (χ0) is 14.1. The van der Waals surface area contributed by atoms with E-state index in [4.69, 9.17) is 0 Å². The molecular weight excluding hydrogens is 256 g/mol. The van der Waals surface area contributed by atoms with Gasteiger partial charge in [0.25, 0.3) is 0 Å². The first-order chi connectivity index (χ1) is 9.67. The number of fused-ring (bicyclic) bond motifs is 1. The quantitative estimate of drug-likeness (QED) is 0.889. The summed E-state index contributed by atoms with van der Waals surface area (Å²) in [4.78, 5) is 0. The molecule has 2 unspecified atom stereocenters. The summed E-state index contributed by atoms with van der Waals surface area (Å²) in [6, 6.07) is 12.1. The number of rotatable bonds is 4. The fourth-order valence-electron chi connectivity index (χ4n) is 3.05. The van der Waals surface area contributed by atoms with Crippen LogP contribution in [-0.2, 0) is 6.42 Å². The van der Waals surface area contributed by atoms with Gasteiger partial charge in [0.15, 0.2) is 0 Å². The highest BCUT2D eigenvalue weighted by Gasteiger charge is 2.28. The van der Waals surface area contributed by atoms with E-state index in [1.54, 1.807) is 0 Å². The van der Waals surface area contributed by atoms with Crippen LogP contribution in [0.1, 0.15) is 35.1 Å². The number of hydrogen-bond donors (Lipinski definition) is 1. The predicted molar refractivity (Wildman–Crippen MR) is 75.7 cm³/mol. The van der Waals surface area contributed by atoms with Gasteiger partial charge in [-0.25, -0.2) is 8.78 Å². The molecule has 0 aliphatic heterocycles. The lowest BCUT2D eigenvalue weighted by Crippen LogP contribution is -2.25. The Balaban J connectivity index is 1.79. The molecule has 0 bridgehead atoms. The summed E-state index contributed by atoms with van der Waals surface area (Å²) in [5, 5.41) is 3.17. The van der Waals surface area contributed by atoms with Crippen molar-refractivity contribution < 1.29 is 8.78 Å². The largest absolute Gasteiger partial charge is 0.313 e. The summed E-state index contributed by atoms with van der Waals surface area (Å²) >= 11 is 0. The molecule has 0 saturated heterocycles. The topological polar surface area (TPSA) is 12.0 Å². The third-order valence-electron chi connectivity index (χ3n) is 4.12. The molecule has 0 heterocycles. The third-order valence-corrected chi connectivity index (χ3v) is 4.12. The molecule has 1 nitrogen and oxygen atoms in total. The predicted octanol–water partition coefficient (Wildman–Crippen LogP) is 3.96. The van der Waals surface area contributed by atoms with Crippen LogP contribution < -0.4 is 5.32 Å². The highest BCUT2D eigenvalue weighted by Crippen LogP contribution is 2.40. The Hall–Kier alpha value is -1.74. The lowest BCUT2D eigenvalue weighted by atomic mass is 9.74. The number of nitrogens with one attached hydrogen (secondary N) is 1. The highest BCUT2D eigenvalue weighted by molar-refractivity contribution is 5.40. The van der Waals surface area contributed by atoms with Crippen LogP contribution in [0.4, 0.5) is 8.78 Å². The molecule has 0 fully saturated rings. The lowest BCUT2D eigenvalue weighted by molar-refractivity contribution is 0.448. The van der Waals surface area contributed by atoms with Gasteiger partial charge in [0.2, 0.25) is 0 Å². The maximum absolute atomic E-state index is 13.3. The zero-order valence-corrected chi connectivity index (χ0v) is 11.4. The Bertz CT molecular complexity index is 604. The van der Waals surface area contributed by atoms with Crippen molar-refractivity contribution >= 4 is 0 Å².